The van der Waals surface area contributed by atoms with E-state index in [9.17, 15) is 9.59 Å². The first-order valence-corrected chi connectivity index (χ1v) is 8.20. The Bertz CT molecular complexity index is 663. The summed E-state index contributed by atoms with van der Waals surface area (Å²) in [5, 5.41) is 6.86. The van der Waals surface area contributed by atoms with Crippen LogP contribution in [0.4, 0.5) is 0 Å². The molecule has 0 aliphatic carbocycles. The second-order valence-electron chi connectivity index (χ2n) is 5.79. The van der Waals surface area contributed by atoms with Crippen molar-refractivity contribution in [2.24, 2.45) is 0 Å². The van der Waals surface area contributed by atoms with Crippen molar-refractivity contribution in [3.63, 3.8) is 0 Å². The quantitative estimate of drug-likeness (QED) is 0.786. The molecule has 0 aliphatic heterocycles. The Morgan fingerprint density at radius 2 is 1.91 bits per heavy atom. The molecule has 5 nitrogen and oxygen atoms in total. The molecule has 0 bridgehead atoms. The van der Waals surface area contributed by atoms with E-state index in [4.69, 9.17) is 0 Å². The normalized spacial score (nSPS) is 12.1. The number of fused-ring (bicyclic) bond motifs is 1. The molecule has 2 rings (SSSR count). The van der Waals surface area contributed by atoms with Crippen molar-refractivity contribution in [2.75, 3.05) is 6.54 Å². The SMILES string of the molecule is CC[C@H](C)NC(=O)CCNC(=O)CCn1ccc2ccccc21. The molecule has 5 heteroatoms. The highest BCUT2D eigenvalue weighted by molar-refractivity contribution is 5.81. The summed E-state index contributed by atoms with van der Waals surface area (Å²) in [7, 11) is 0. The molecule has 0 saturated carbocycles. The van der Waals surface area contributed by atoms with Gasteiger partial charge in [-0.3, -0.25) is 9.59 Å². The average molecular weight is 315 g/mol. The maximum Gasteiger partial charge on any atom is 0.221 e. The molecule has 1 atom stereocenters. The smallest absolute Gasteiger partial charge is 0.221 e. The molecule has 0 unspecified atom stereocenters. The average Bonchev–Trinajstić information content (AvgIpc) is 2.96. The molecule has 2 aromatic rings. The third kappa shape index (κ3) is 5.13. The van der Waals surface area contributed by atoms with Gasteiger partial charge in [-0.25, -0.2) is 0 Å². The van der Waals surface area contributed by atoms with Crippen molar-refractivity contribution in [1.29, 1.82) is 0 Å². The van der Waals surface area contributed by atoms with Gasteiger partial charge in [0, 0.05) is 43.7 Å². The van der Waals surface area contributed by atoms with Crippen molar-refractivity contribution >= 4 is 22.7 Å². The zero-order chi connectivity index (χ0) is 16.7. The van der Waals surface area contributed by atoms with Crippen LogP contribution in [-0.4, -0.2) is 29.0 Å². The van der Waals surface area contributed by atoms with E-state index in [-0.39, 0.29) is 17.9 Å². The second-order valence-corrected chi connectivity index (χ2v) is 5.79. The van der Waals surface area contributed by atoms with E-state index in [0.717, 1.165) is 11.9 Å². The van der Waals surface area contributed by atoms with Crippen LogP contribution in [0.25, 0.3) is 10.9 Å². The highest BCUT2D eigenvalue weighted by Gasteiger charge is 2.07. The van der Waals surface area contributed by atoms with Crippen LogP contribution in [0.15, 0.2) is 36.5 Å². The number of hydrogen-bond acceptors (Lipinski definition) is 2. The van der Waals surface area contributed by atoms with Gasteiger partial charge in [-0.1, -0.05) is 25.1 Å². The van der Waals surface area contributed by atoms with Gasteiger partial charge >= 0.3 is 0 Å². The van der Waals surface area contributed by atoms with Crippen molar-refractivity contribution in [3.05, 3.63) is 36.5 Å². The largest absolute Gasteiger partial charge is 0.356 e. The van der Waals surface area contributed by atoms with Crippen LogP contribution in [0.5, 0.6) is 0 Å². The molecule has 0 radical (unpaired) electrons. The van der Waals surface area contributed by atoms with Gasteiger partial charge in [0.1, 0.15) is 0 Å². The molecule has 23 heavy (non-hydrogen) atoms. The predicted molar refractivity (Wildman–Crippen MR) is 92.1 cm³/mol. The number of rotatable bonds is 8. The summed E-state index contributed by atoms with van der Waals surface area (Å²) < 4.78 is 2.07. The Kier molecular flexibility index (Phi) is 6.20. The lowest BCUT2D eigenvalue weighted by atomic mass is 10.2. The lowest BCUT2D eigenvalue weighted by Gasteiger charge is -2.11. The van der Waals surface area contributed by atoms with Crippen LogP contribution >= 0.6 is 0 Å². The summed E-state index contributed by atoms with van der Waals surface area (Å²) in [5.74, 6) is -0.0461. The van der Waals surface area contributed by atoms with E-state index in [1.165, 1.54) is 5.39 Å². The number of para-hydroxylation sites is 1. The molecular formula is C18H25N3O2. The molecule has 1 aromatic heterocycles. The molecule has 0 spiro atoms. The van der Waals surface area contributed by atoms with E-state index in [0.29, 0.717) is 25.9 Å². The number of carbonyl (C=O) groups excluding carboxylic acids is 2. The van der Waals surface area contributed by atoms with Crippen molar-refractivity contribution in [1.82, 2.24) is 15.2 Å². The predicted octanol–water partition coefficient (Wildman–Crippen LogP) is 2.45. The number of aryl methyl sites for hydroxylation is 1. The Balaban J connectivity index is 1.70. The first-order chi connectivity index (χ1) is 11.1. The Morgan fingerprint density at radius 3 is 2.70 bits per heavy atom. The number of amides is 2. The van der Waals surface area contributed by atoms with E-state index in [1.807, 2.05) is 44.3 Å². The van der Waals surface area contributed by atoms with Crippen LogP contribution in [0, 0.1) is 0 Å². The summed E-state index contributed by atoms with van der Waals surface area (Å²) in [5.41, 5.74) is 1.13. The van der Waals surface area contributed by atoms with Crippen molar-refractivity contribution in [3.8, 4) is 0 Å². The minimum Gasteiger partial charge on any atom is -0.356 e. The van der Waals surface area contributed by atoms with E-state index in [1.54, 1.807) is 0 Å². The molecule has 1 aromatic carbocycles. The maximum atomic E-state index is 11.9. The fourth-order valence-corrected chi connectivity index (χ4v) is 2.41. The minimum atomic E-state index is -0.0286. The van der Waals surface area contributed by atoms with Crippen LogP contribution in [0.3, 0.4) is 0 Å². The van der Waals surface area contributed by atoms with E-state index >= 15 is 0 Å². The van der Waals surface area contributed by atoms with Gasteiger partial charge in [0.2, 0.25) is 11.8 Å². The molecule has 0 fully saturated rings. The molecule has 124 valence electrons. The number of nitrogens with zero attached hydrogens (tertiary/aromatic N) is 1. The van der Waals surface area contributed by atoms with Gasteiger partial charge in [0.05, 0.1) is 0 Å². The zero-order valence-corrected chi connectivity index (χ0v) is 13.8. The van der Waals surface area contributed by atoms with Gasteiger partial charge in [-0.2, -0.15) is 0 Å². The Morgan fingerprint density at radius 1 is 1.13 bits per heavy atom. The molecule has 0 aliphatic rings. The fraction of sp³-hybridized carbons (Fsp3) is 0.444. The van der Waals surface area contributed by atoms with Crippen molar-refractivity contribution < 1.29 is 9.59 Å². The monoisotopic (exact) mass is 315 g/mol. The summed E-state index contributed by atoms with van der Waals surface area (Å²) >= 11 is 0. The first-order valence-electron chi connectivity index (χ1n) is 8.20. The Labute approximate surface area is 137 Å². The highest BCUT2D eigenvalue weighted by atomic mass is 16.2. The number of carbonyl (C=O) groups is 2. The number of hydrogen-bond donors (Lipinski definition) is 2. The van der Waals surface area contributed by atoms with Crippen LogP contribution < -0.4 is 10.6 Å². The highest BCUT2D eigenvalue weighted by Crippen LogP contribution is 2.15. The van der Waals surface area contributed by atoms with Gasteiger partial charge in [-0.15, -0.1) is 0 Å². The number of benzene rings is 1. The topological polar surface area (TPSA) is 63.1 Å². The van der Waals surface area contributed by atoms with Gasteiger partial charge in [0.25, 0.3) is 0 Å². The zero-order valence-electron chi connectivity index (χ0n) is 13.8. The fourth-order valence-electron chi connectivity index (χ4n) is 2.41. The lowest BCUT2D eigenvalue weighted by Crippen LogP contribution is -2.35. The number of nitrogens with one attached hydrogen (secondary N) is 2. The molecule has 2 amide bonds. The maximum absolute atomic E-state index is 11.9. The molecule has 1 heterocycles. The number of aromatic nitrogens is 1. The Hall–Kier alpha value is -2.30. The summed E-state index contributed by atoms with van der Waals surface area (Å²) in [6.07, 6.45) is 3.63. The van der Waals surface area contributed by atoms with Gasteiger partial charge < -0.3 is 15.2 Å². The standard InChI is InChI=1S/C18H25N3O2/c1-3-14(2)20-18(23)8-11-19-17(22)10-13-21-12-9-15-6-4-5-7-16(15)21/h4-7,9,12,14H,3,8,10-11,13H2,1-2H3,(H,19,22)(H,20,23)/t14-/m0/s1. The summed E-state index contributed by atoms with van der Waals surface area (Å²) in [6.45, 7) is 5.02. The lowest BCUT2D eigenvalue weighted by molar-refractivity contribution is -0.122. The van der Waals surface area contributed by atoms with Crippen LogP contribution in [0.1, 0.15) is 33.1 Å². The van der Waals surface area contributed by atoms with E-state index in [2.05, 4.69) is 21.3 Å². The molecule has 0 saturated heterocycles. The van der Waals surface area contributed by atoms with E-state index < -0.39 is 0 Å². The molecular weight excluding hydrogens is 290 g/mol. The third-order valence-corrected chi connectivity index (χ3v) is 3.95. The summed E-state index contributed by atoms with van der Waals surface area (Å²) in [4.78, 5) is 23.5. The van der Waals surface area contributed by atoms with Crippen molar-refractivity contribution in [2.45, 2.75) is 45.7 Å². The van der Waals surface area contributed by atoms with Crippen LogP contribution in [-0.2, 0) is 16.1 Å². The second kappa shape index (κ2) is 8.36. The van der Waals surface area contributed by atoms with Gasteiger partial charge in [0.15, 0.2) is 0 Å². The third-order valence-electron chi connectivity index (χ3n) is 3.95. The van der Waals surface area contributed by atoms with Crippen LogP contribution in [0.2, 0.25) is 0 Å². The first kappa shape index (κ1) is 17.1. The van der Waals surface area contributed by atoms with Gasteiger partial charge in [-0.05, 0) is 30.9 Å². The minimum absolute atomic E-state index is 0.0175. The summed E-state index contributed by atoms with van der Waals surface area (Å²) in [6, 6.07) is 10.3. The molecule has 2 N–H and O–H groups in total.